The summed E-state index contributed by atoms with van der Waals surface area (Å²) in [5.41, 5.74) is 0. The molecule has 0 aromatic heterocycles. The fourth-order valence-corrected chi connectivity index (χ4v) is 2.55. The molecule has 0 aromatic carbocycles. The summed E-state index contributed by atoms with van der Waals surface area (Å²) < 4.78 is 0. The molecule has 1 saturated heterocycles. The first-order chi connectivity index (χ1) is 8.91. The van der Waals surface area contributed by atoms with Crippen LogP contribution in [0.3, 0.4) is 0 Å². The lowest BCUT2D eigenvalue weighted by molar-refractivity contribution is -0.142. The van der Waals surface area contributed by atoms with Gasteiger partial charge >= 0.3 is 12.0 Å². The first-order valence-electron chi connectivity index (χ1n) is 7.19. The van der Waals surface area contributed by atoms with Gasteiger partial charge < -0.3 is 15.3 Å². The van der Waals surface area contributed by atoms with Crippen molar-refractivity contribution in [2.75, 3.05) is 13.1 Å². The van der Waals surface area contributed by atoms with Gasteiger partial charge in [-0.3, -0.25) is 4.79 Å². The quantitative estimate of drug-likeness (QED) is 0.805. The van der Waals surface area contributed by atoms with Crippen LogP contribution in [0.15, 0.2) is 0 Å². The molecule has 5 nitrogen and oxygen atoms in total. The molecule has 2 N–H and O–H groups in total. The van der Waals surface area contributed by atoms with Crippen molar-refractivity contribution < 1.29 is 14.7 Å². The highest BCUT2D eigenvalue weighted by Gasteiger charge is 2.25. The first-order valence-corrected chi connectivity index (χ1v) is 7.19. The number of aliphatic carboxylic acids is 1. The molecule has 0 aromatic rings. The topological polar surface area (TPSA) is 69.6 Å². The van der Waals surface area contributed by atoms with Crippen LogP contribution in [0.25, 0.3) is 0 Å². The van der Waals surface area contributed by atoms with Crippen LogP contribution in [0, 0.1) is 11.8 Å². The van der Waals surface area contributed by atoms with Gasteiger partial charge in [-0.15, -0.1) is 0 Å². The molecule has 5 heteroatoms. The van der Waals surface area contributed by atoms with Gasteiger partial charge in [0.15, 0.2) is 0 Å². The van der Waals surface area contributed by atoms with E-state index < -0.39 is 11.9 Å². The minimum absolute atomic E-state index is 0.123. The number of nitrogens with one attached hydrogen (secondary N) is 1. The van der Waals surface area contributed by atoms with Gasteiger partial charge in [-0.25, -0.2) is 4.79 Å². The van der Waals surface area contributed by atoms with E-state index in [0.29, 0.717) is 12.3 Å². The zero-order chi connectivity index (χ0) is 14.4. The maximum absolute atomic E-state index is 12.0. The maximum Gasteiger partial charge on any atom is 0.317 e. The number of carboxylic acid groups (broad SMARTS) is 1. The van der Waals surface area contributed by atoms with E-state index in [2.05, 4.69) is 5.32 Å². The average molecular weight is 270 g/mol. The van der Waals surface area contributed by atoms with E-state index in [1.54, 1.807) is 0 Å². The average Bonchev–Trinajstić information content (AvgIpc) is 2.34. The van der Waals surface area contributed by atoms with Crippen molar-refractivity contribution >= 4 is 12.0 Å². The summed E-state index contributed by atoms with van der Waals surface area (Å²) in [6.07, 6.45) is 3.81. The van der Waals surface area contributed by atoms with Crippen molar-refractivity contribution in [2.45, 2.75) is 52.5 Å². The van der Waals surface area contributed by atoms with Crippen LogP contribution < -0.4 is 5.32 Å². The van der Waals surface area contributed by atoms with Gasteiger partial charge in [0, 0.05) is 19.1 Å². The summed E-state index contributed by atoms with van der Waals surface area (Å²) in [6, 6.07) is 0.129. The molecule has 0 radical (unpaired) electrons. The Morgan fingerprint density at radius 1 is 1.37 bits per heavy atom. The Morgan fingerprint density at radius 2 is 2.05 bits per heavy atom. The molecule has 0 spiro atoms. The van der Waals surface area contributed by atoms with Gasteiger partial charge in [0.25, 0.3) is 0 Å². The molecule has 0 unspecified atom stereocenters. The Hall–Kier alpha value is -1.26. The molecule has 1 aliphatic rings. The second-order valence-electron chi connectivity index (χ2n) is 5.89. The lowest BCUT2D eigenvalue weighted by atomic mass is 9.97. The lowest BCUT2D eigenvalue weighted by Gasteiger charge is -2.33. The molecule has 1 aliphatic heterocycles. The highest BCUT2D eigenvalue weighted by atomic mass is 16.4. The Morgan fingerprint density at radius 3 is 2.58 bits per heavy atom. The van der Waals surface area contributed by atoms with Gasteiger partial charge in [-0.05, 0) is 38.5 Å². The smallest absolute Gasteiger partial charge is 0.317 e. The molecule has 19 heavy (non-hydrogen) atoms. The van der Waals surface area contributed by atoms with Gasteiger partial charge in [-0.2, -0.15) is 0 Å². The molecule has 1 rings (SSSR count). The molecule has 0 bridgehead atoms. The van der Waals surface area contributed by atoms with Crippen LogP contribution in [0.4, 0.5) is 4.79 Å². The van der Waals surface area contributed by atoms with Gasteiger partial charge in [0.1, 0.15) is 0 Å². The molecule has 1 heterocycles. The van der Waals surface area contributed by atoms with Crippen LogP contribution in [0.2, 0.25) is 0 Å². The predicted octanol–water partition coefficient (Wildman–Crippen LogP) is 2.32. The summed E-state index contributed by atoms with van der Waals surface area (Å²) in [5, 5.41) is 11.9. The number of hydrogen-bond acceptors (Lipinski definition) is 2. The normalized spacial score (nSPS) is 21.3. The molecule has 0 saturated carbocycles. The standard InChI is InChI=1S/C14H26N2O3/c1-10(2)8-12(13(17)18)9-15-14(19)16-7-5-4-6-11(16)3/h10-12H,4-9H2,1-3H3,(H,15,19)(H,17,18)/t11-,12-/m1/s1. The second-order valence-corrected chi connectivity index (χ2v) is 5.89. The van der Waals surface area contributed by atoms with Crippen molar-refractivity contribution in [1.82, 2.24) is 10.2 Å². The van der Waals surface area contributed by atoms with E-state index in [0.717, 1.165) is 25.8 Å². The van der Waals surface area contributed by atoms with E-state index >= 15 is 0 Å². The zero-order valence-electron chi connectivity index (χ0n) is 12.2. The Balaban J connectivity index is 2.44. The Labute approximate surface area is 115 Å². The Kier molecular flexibility index (Phi) is 6.12. The van der Waals surface area contributed by atoms with Gasteiger partial charge in [0.05, 0.1) is 5.92 Å². The number of amides is 2. The van der Waals surface area contributed by atoms with Gasteiger partial charge in [0.2, 0.25) is 0 Å². The van der Waals surface area contributed by atoms with Crippen molar-refractivity contribution in [3.05, 3.63) is 0 Å². The monoisotopic (exact) mass is 270 g/mol. The third-order valence-corrected chi connectivity index (χ3v) is 3.67. The number of carboxylic acids is 1. The predicted molar refractivity (Wildman–Crippen MR) is 74.0 cm³/mol. The van der Waals surface area contributed by atoms with Crippen molar-refractivity contribution in [3.8, 4) is 0 Å². The molecule has 2 atom stereocenters. The minimum Gasteiger partial charge on any atom is -0.481 e. The highest BCUT2D eigenvalue weighted by Crippen LogP contribution is 2.16. The van der Waals surface area contributed by atoms with Crippen molar-refractivity contribution in [2.24, 2.45) is 11.8 Å². The van der Waals surface area contributed by atoms with Crippen LogP contribution in [-0.4, -0.2) is 41.1 Å². The zero-order valence-corrected chi connectivity index (χ0v) is 12.2. The summed E-state index contributed by atoms with van der Waals surface area (Å²) >= 11 is 0. The molecular weight excluding hydrogens is 244 g/mol. The second kappa shape index (κ2) is 7.36. The van der Waals surface area contributed by atoms with E-state index in [-0.39, 0.29) is 18.6 Å². The fraction of sp³-hybridized carbons (Fsp3) is 0.857. The van der Waals surface area contributed by atoms with Crippen molar-refractivity contribution in [1.29, 1.82) is 0 Å². The Bertz CT molecular complexity index is 318. The molecule has 2 amide bonds. The van der Waals surface area contributed by atoms with Crippen LogP contribution in [0.5, 0.6) is 0 Å². The number of nitrogens with zero attached hydrogens (tertiary/aromatic N) is 1. The molecule has 1 fully saturated rings. The maximum atomic E-state index is 12.0. The van der Waals surface area contributed by atoms with Crippen LogP contribution >= 0.6 is 0 Å². The summed E-state index contributed by atoms with van der Waals surface area (Å²) in [5.74, 6) is -1.02. The highest BCUT2D eigenvalue weighted by molar-refractivity contribution is 5.76. The van der Waals surface area contributed by atoms with E-state index in [1.807, 2.05) is 25.7 Å². The lowest BCUT2D eigenvalue weighted by Crippen LogP contribution is -2.49. The van der Waals surface area contributed by atoms with E-state index in [1.165, 1.54) is 0 Å². The number of carbonyl (C=O) groups excluding carboxylic acids is 1. The number of likely N-dealkylation sites (tertiary alicyclic amines) is 1. The SMILES string of the molecule is CC(C)C[C@H](CNC(=O)N1CCCC[C@H]1C)C(=O)O. The summed E-state index contributed by atoms with van der Waals surface area (Å²) in [6.45, 7) is 7.01. The summed E-state index contributed by atoms with van der Waals surface area (Å²) in [7, 11) is 0. The van der Waals surface area contributed by atoms with Crippen molar-refractivity contribution in [3.63, 3.8) is 0 Å². The van der Waals surface area contributed by atoms with Crippen LogP contribution in [-0.2, 0) is 4.79 Å². The number of rotatable bonds is 5. The molecular formula is C14H26N2O3. The number of urea groups is 1. The largest absolute Gasteiger partial charge is 0.481 e. The number of carbonyl (C=O) groups is 2. The molecule has 110 valence electrons. The number of piperidine rings is 1. The van der Waals surface area contributed by atoms with E-state index in [9.17, 15) is 9.59 Å². The minimum atomic E-state index is -0.833. The van der Waals surface area contributed by atoms with Crippen LogP contribution in [0.1, 0.15) is 46.5 Å². The van der Waals surface area contributed by atoms with E-state index in [4.69, 9.17) is 5.11 Å². The first kappa shape index (κ1) is 15.8. The third-order valence-electron chi connectivity index (χ3n) is 3.67. The summed E-state index contributed by atoms with van der Waals surface area (Å²) in [4.78, 5) is 25.0. The molecule has 0 aliphatic carbocycles. The third kappa shape index (κ3) is 5.09. The number of hydrogen-bond donors (Lipinski definition) is 2. The van der Waals surface area contributed by atoms with Gasteiger partial charge in [-0.1, -0.05) is 13.8 Å². The fourth-order valence-electron chi connectivity index (χ4n) is 2.55.